The quantitative estimate of drug-likeness (QED) is 0.600. The number of rotatable bonds is 1. The molecule has 6 heavy (non-hydrogen) atoms. The van der Waals surface area contributed by atoms with E-state index in [-0.39, 0.29) is 4.12 Å². The summed E-state index contributed by atoms with van der Waals surface area (Å²) in [5.41, 5.74) is 0. The number of hydrogen-bond acceptors (Lipinski definition) is 1. The molecule has 0 bridgehead atoms. The summed E-state index contributed by atoms with van der Waals surface area (Å²) >= 11 is -1.25. The molecular weight excluding hydrogens is 183 g/mol. The average Bonchev–Trinajstić information content (AvgIpc) is 1.36. The predicted octanol–water partition coefficient (Wildman–Crippen LogP) is 0.393. The van der Waals surface area contributed by atoms with E-state index < -0.39 is 19.8 Å². The van der Waals surface area contributed by atoms with Gasteiger partial charge in [0.1, 0.15) is 0 Å². The molecule has 1 unspecified atom stereocenters. The first-order chi connectivity index (χ1) is 2.64. The van der Waals surface area contributed by atoms with Crippen LogP contribution in [-0.2, 0) is 0 Å². The molecule has 0 spiro atoms. The van der Waals surface area contributed by atoms with Crippen molar-refractivity contribution in [3.05, 3.63) is 0 Å². The first-order valence-corrected chi connectivity index (χ1v) is 10.8. The normalized spacial score (nSPS) is 15.5. The Bertz CT molecular complexity index is 28.5. The van der Waals surface area contributed by atoms with Crippen LogP contribution in [0.5, 0.6) is 0 Å². The van der Waals surface area contributed by atoms with E-state index in [4.69, 9.17) is 5.11 Å². The summed E-state index contributed by atoms with van der Waals surface area (Å²) in [5.74, 6) is 0. The van der Waals surface area contributed by atoms with Gasteiger partial charge >= 0.3 is 45.8 Å². The molecule has 38 valence electrons. The zero-order valence-corrected chi connectivity index (χ0v) is 7.90. The maximum atomic E-state index is 8.72. The fourth-order valence-corrected chi connectivity index (χ4v) is 0. The van der Waals surface area contributed by atoms with Gasteiger partial charge in [-0.25, -0.2) is 0 Å². The molecule has 0 aromatic carbocycles. The van der Waals surface area contributed by atoms with Gasteiger partial charge < -0.3 is 0 Å². The van der Waals surface area contributed by atoms with Crippen LogP contribution in [0.1, 0.15) is 6.92 Å². The van der Waals surface area contributed by atoms with Crippen LogP contribution in [-0.4, -0.2) is 29.0 Å². The first-order valence-electron chi connectivity index (χ1n) is 2.32. The van der Waals surface area contributed by atoms with Crippen molar-refractivity contribution in [3.8, 4) is 0 Å². The second-order valence-corrected chi connectivity index (χ2v) is 11.8. The van der Waals surface area contributed by atoms with E-state index in [1.165, 1.54) is 0 Å². The minimum atomic E-state index is -1.25. The van der Waals surface area contributed by atoms with Crippen LogP contribution >= 0.6 is 0 Å². The number of aliphatic hydroxyl groups is 1. The van der Waals surface area contributed by atoms with Crippen molar-refractivity contribution in [1.82, 2.24) is 0 Å². The van der Waals surface area contributed by atoms with Gasteiger partial charge in [0.05, 0.1) is 0 Å². The van der Waals surface area contributed by atoms with Crippen LogP contribution in [0.3, 0.4) is 0 Å². The predicted molar refractivity (Wildman–Crippen MR) is 30.6 cm³/mol. The van der Waals surface area contributed by atoms with E-state index in [1.807, 2.05) is 6.92 Å². The summed E-state index contributed by atoms with van der Waals surface area (Å²) in [6.45, 7) is 1.89. The van der Waals surface area contributed by atoms with Gasteiger partial charge in [0.15, 0.2) is 0 Å². The molecule has 0 aliphatic heterocycles. The molecule has 1 nitrogen and oxygen atoms in total. The molecule has 0 radical (unpaired) electrons. The first kappa shape index (κ1) is 6.76. The summed E-state index contributed by atoms with van der Waals surface area (Å²) in [7, 11) is 0. The van der Waals surface area contributed by atoms with Gasteiger partial charge in [-0.2, -0.15) is 0 Å². The SMILES string of the molecule is C[CH](O)[SnH]([CH3])[CH3]. The molecular formula is C4H12OSn. The topological polar surface area (TPSA) is 20.2 Å². The van der Waals surface area contributed by atoms with E-state index in [0.29, 0.717) is 0 Å². The third-order valence-electron chi connectivity index (χ3n) is 0.965. The Hall–Kier alpha value is 0.759. The van der Waals surface area contributed by atoms with Crippen LogP contribution in [0, 0.1) is 0 Å². The van der Waals surface area contributed by atoms with Gasteiger partial charge in [-0.15, -0.1) is 0 Å². The fraction of sp³-hybridized carbons (Fsp3) is 1.00. The third kappa shape index (κ3) is 2.97. The molecule has 2 heteroatoms. The molecule has 0 saturated heterocycles. The Morgan fingerprint density at radius 1 is 1.50 bits per heavy atom. The van der Waals surface area contributed by atoms with Gasteiger partial charge in [-0.3, -0.25) is 0 Å². The molecule has 0 aliphatic carbocycles. The molecule has 1 N–H and O–H groups in total. The van der Waals surface area contributed by atoms with E-state index in [2.05, 4.69) is 9.88 Å². The summed E-state index contributed by atoms with van der Waals surface area (Å²) in [5, 5.41) is 8.72. The van der Waals surface area contributed by atoms with Gasteiger partial charge in [0.25, 0.3) is 0 Å². The van der Waals surface area contributed by atoms with Gasteiger partial charge in [-0.1, -0.05) is 0 Å². The molecule has 0 rings (SSSR count). The van der Waals surface area contributed by atoms with Crippen LogP contribution in [0.4, 0.5) is 0 Å². The van der Waals surface area contributed by atoms with Gasteiger partial charge in [-0.05, 0) is 0 Å². The van der Waals surface area contributed by atoms with Crippen LogP contribution in [0.2, 0.25) is 9.88 Å². The Morgan fingerprint density at radius 2 is 1.67 bits per heavy atom. The second-order valence-electron chi connectivity index (χ2n) is 1.98. The van der Waals surface area contributed by atoms with Crippen LogP contribution < -0.4 is 0 Å². The second kappa shape index (κ2) is 2.85. The third-order valence-corrected chi connectivity index (χ3v) is 6.47. The van der Waals surface area contributed by atoms with E-state index in [9.17, 15) is 0 Å². The Balaban J connectivity index is 2.99. The van der Waals surface area contributed by atoms with Crippen molar-refractivity contribution >= 4 is 19.8 Å². The zero-order chi connectivity index (χ0) is 5.15. The van der Waals surface area contributed by atoms with Gasteiger partial charge in [0, 0.05) is 0 Å². The zero-order valence-electron chi connectivity index (χ0n) is 4.60. The molecule has 1 atom stereocenters. The monoisotopic (exact) mass is 196 g/mol. The van der Waals surface area contributed by atoms with Crippen LogP contribution in [0.15, 0.2) is 0 Å². The van der Waals surface area contributed by atoms with Crippen molar-refractivity contribution < 1.29 is 5.11 Å². The molecule has 0 saturated carbocycles. The molecule has 0 amide bonds. The van der Waals surface area contributed by atoms with E-state index >= 15 is 0 Å². The van der Waals surface area contributed by atoms with E-state index in [0.717, 1.165) is 0 Å². The van der Waals surface area contributed by atoms with Gasteiger partial charge in [0.2, 0.25) is 0 Å². The van der Waals surface area contributed by atoms with E-state index in [1.54, 1.807) is 0 Å². The van der Waals surface area contributed by atoms with Crippen molar-refractivity contribution in [2.75, 3.05) is 0 Å². The summed E-state index contributed by atoms with van der Waals surface area (Å²) in [6.07, 6.45) is 0. The number of aliphatic hydroxyl groups excluding tert-OH is 1. The van der Waals surface area contributed by atoms with Crippen molar-refractivity contribution in [3.63, 3.8) is 0 Å². The summed E-state index contributed by atoms with van der Waals surface area (Å²) < 4.78 is 0.0619. The Labute approximate surface area is 46.1 Å². The van der Waals surface area contributed by atoms with Crippen molar-refractivity contribution in [1.29, 1.82) is 0 Å². The molecule has 0 aromatic heterocycles. The fourth-order valence-electron chi connectivity index (χ4n) is 0. The minimum absolute atomic E-state index is 0.0619. The molecule has 0 fully saturated rings. The molecule has 0 heterocycles. The maximum absolute atomic E-state index is 8.72. The molecule has 0 aliphatic rings. The van der Waals surface area contributed by atoms with Crippen molar-refractivity contribution in [2.45, 2.75) is 20.9 Å². The van der Waals surface area contributed by atoms with Crippen molar-refractivity contribution in [2.24, 2.45) is 0 Å². The molecule has 0 aromatic rings. The average molecular weight is 195 g/mol. The number of hydrogen-bond donors (Lipinski definition) is 1. The standard InChI is InChI=1S/C2H5O.2CH3.Sn.H/c1-2-3;;;;/h2-3H,1H3;2*1H3;;. The summed E-state index contributed by atoms with van der Waals surface area (Å²) in [4.78, 5) is 4.40. The Morgan fingerprint density at radius 3 is 1.67 bits per heavy atom. The van der Waals surface area contributed by atoms with Crippen LogP contribution in [0.25, 0.3) is 0 Å². The Kier molecular flexibility index (Phi) is 3.22. The summed E-state index contributed by atoms with van der Waals surface area (Å²) in [6, 6.07) is 0.